The molecule has 0 aromatic rings. The van der Waals surface area contributed by atoms with Gasteiger partial charge in [0.1, 0.15) is 0 Å². The smallest absolute Gasteiger partial charge is 0.303 e. The Kier molecular flexibility index (Phi) is 3.92. The first-order valence-electron chi connectivity index (χ1n) is 5.23. The van der Waals surface area contributed by atoms with Crippen molar-refractivity contribution >= 4 is 16.2 Å². The molecule has 0 radical (unpaired) electrons. The van der Waals surface area contributed by atoms with Gasteiger partial charge in [-0.15, -0.1) is 0 Å². The van der Waals surface area contributed by atoms with Crippen molar-refractivity contribution in [1.82, 2.24) is 9.44 Å². The number of hydrogen-bond acceptors (Lipinski definition) is 3. The number of carboxylic acid groups (broad SMARTS) is 1. The Bertz CT molecular complexity index is 360. The monoisotopic (exact) mass is 250 g/mol. The van der Waals surface area contributed by atoms with Crippen molar-refractivity contribution in [3.8, 4) is 0 Å². The average Bonchev–Trinajstić information content (AvgIpc) is 2.82. The summed E-state index contributed by atoms with van der Waals surface area (Å²) in [5, 5.41) is 8.54. The van der Waals surface area contributed by atoms with Crippen LogP contribution >= 0.6 is 0 Å². The van der Waals surface area contributed by atoms with Crippen LogP contribution in [0.15, 0.2) is 0 Å². The minimum atomic E-state index is -3.52. The van der Waals surface area contributed by atoms with E-state index in [4.69, 9.17) is 5.11 Å². The van der Waals surface area contributed by atoms with E-state index < -0.39 is 21.7 Å². The molecule has 6 nitrogen and oxygen atoms in total. The molecule has 16 heavy (non-hydrogen) atoms. The van der Waals surface area contributed by atoms with Crippen molar-refractivity contribution < 1.29 is 18.3 Å². The molecule has 0 aromatic carbocycles. The second-order valence-corrected chi connectivity index (χ2v) is 6.22. The van der Waals surface area contributed by atoms with Crippen molar-refractivity contribution in [2.75, 3.05) is 0 Å². The van der Waals surface area contributed by atoms with E-state index in [1.54, 1.807) is 13.8 Å². The third-order valence-corrected chi connectivity index (χ3v) is 3.74. The van der Waals surface area contributed by atoms with E-state index in [2.05, 4.69) is 9.44 Å². The second-order valence-electron chi connectivity index (χ2n) is 4.78. The first-order valence-corrected chi connectivity index (χ1v) is 6.71. The van der Waals surface area contributed by atoms with Gasteiger partial charge >= 0.3 is 5.97 Å². The molecule has 1 aliphatic rings. The number of carboxylic acids is 1. The van der Waals surface area contributed by atoms with Crippen LogP contribution in [0.4, 0.5) is 0 Å². The minimum absolute atomic E-state index is 0.0489. The fraction of sp³-hybridized carbons (Fsp3) is 0.889. The summed E-state index contributed by atoms with van der Waals surface area (Å²) in [6.07, 6.45) is 1.94. The predicted molar refractivity (Wildman–Crippen MR) is 59.2 cm³/mol. The Morgan fingerprint density at radius 3 is 2.44 bits per heavy atom. The summed E-state index contributed by atoms with van der Waals surface area (Å²) in [6.45, 7) is 3.34. The molecule has 1 rings (SSSR count). The molecule has 1 fully saturated rings. The van der Waals surface area contributed by atoms with Gasteiger partial charge in [0, 0.05) is 18.0 Å². The maximum atomic E-state index is 11.6. The molecule has 0 saturated heterocycles. The van der Waals surface area contributed by atoms with E-state index in [-0.39, 0.29) is 18.9 Å². The molecule has 0 unspecified atom stereocenters. The molecular weight excluding hydrogens is 232 g/mol. The SMILES string of the molecule is CC(C)(CCC(=O)O)NS(=O)(=O)NC1CC1. The highest BCUT2D eigenvalue weighted by Gasteiger charge is 2.31. The van der Waals surface area contributed by atoms with Crippen molar-refractivity contribution in [3.05, 3.63) is 0 Å². The van der Waals surface area contributed by atoms with E-state index >= 15 is 0 Å². The van der Waals surface area contributed by atoms with Gasteiger partial charge in [0.2, 0.25) is 0 Å². The van der Waals surface area contributed by atoms with Crippen LogP contribution in [0.1, 0.15) is 39.5 Å². The molecule has 0 aromatic heterocycles. The summed E-state index contributed by atoms with van der Waals surface area (Å²) in [5.41, 5.74) is -0.751. The van der Waals surface area contributed by atoms with Gasteiger partial charge in [0.15, 0.2) is 0 Å². The van der Waals surface area contributed by atoms with Gasteiger partial charge < -0.3 is 5.11 Å². The fourth-order valence-corrected chi connectivity index (χ4v) is 2.85. The Morgan fingerprint density at radius 1 is 1.44 bits per heavy atom. The largest absolute Gasteiger partial charge is 0.481 e. The Morgan fingerprint density at radius 2 is 2.00 bits per heavy atom. The molecule has 7 heteroatoms. The number of rotatable bonds is 7. The lowest BCUT2D eigenvalue weighted by Gasteiger charge is -2.25. The van der Waals surface area contributed by atoms with Crippen LogP contribution in [0.3, 0.4) is 0 Å². The molecule has 0 bridgehead atoms. The van der Waals surface area contributed by atoms with Gasteiger partial charge in [0.05, 0.1) is 0 Å². The Balaban J connectivity index is 2.45. The second kappa shape index (κ2) is 4.68. The number of hydrogen-bond donors (Lipinski definition) is 3. The first kappa shape index (κ1) is 13.4. The molecule has 3 N–H and O–H groups in total. The molecule has 0 heterocycles. The first-order chi connectivity index (χ1) is 7.20. The molecule has 0 amide bonds. The van der Waals surface area contributed by atoms with Crippen LogP contribution in [0.2, 0.25) is 0 Å². The lowest BCUT2D eigenvalue weighted by atomic mass is 10.0. The molecule has 94 valence electrons. The molecule has 0 spiro atoms. The third-order valence-electron chi connectivity index (χ3n) is 2.27. The molecule has 1 saturated carbocycles. The standard InChI is InChI=1S/C9H18N2O4S/c1-9(2,6-5-8(12)13)11-16(14,15)10-7-3-4-7/h7,10-11H,3-6H2,1-2H3,(H,12,13). The minimum Gasteiger partial charge on any atom is -0.481 e. The van der Waals surface area contributed by atoms with E-state index in [9.17, 15) is 13.2 Å². The van der Waals surface area contributed by atoms with E-state index in [0.717, 1.165) is 12.8 Å². The molecule has 0 aliphatic heterocycles. The number of aliphatic carboxylic acids is 1. The zero-order valence-corrected chi connectivity index (χ0v) is 10.3. The maximum absolute atomic E-state index is 11.6. The summed E-state index contributed by atoms with van der Waals surface area (Å²) in [6, 6.07) is 0.0489. The zero-order chi connectivity index (χ0) is 12.4. The van der Waals surface area contributed by atoms with E-state index in [0.29, 0.717) is 0 Å². The van der Waals surface area contributed by atoms with Gasteiger partial charge in [0.25, 0.3) is 10.2 Å². The predicted octanol–water partition coefficient (Wildman–Crippen LogP) is 0.216. The highest BCUT2D eigenvalue weighted by Crippen LogP contribution is 2.20. The maximum Gasteiger partial charge on any atom is 0.303 e. The lowest BCUT2D eigenvalue weighted by Crippen LogP contribution is -2.49. The van der Waals surface area contributed by atoms with Crippen LogP contribution in [-0.4, -0.2) is 31.1 Å². The highest BCUT2D eigenvalue weighted by molar-refractivity contribution is 7.87. The number of nitrogens with one attached hydrogen (secondary N) is 2. The highest BCUT2D eigenvalue weighted by atomic mass is 32.2. The quantitative estimate of drug-likeness (QED) is 0.602. The van der Waals surface area contributed by atoms with Gasteiger partial charge in [-0.05, 0) is 33.1 Å². The summed E-state index contributed by atoms with van der Waals surface area (Å²) in [7, 11) is -3.52. The van der Waals surface area contributed by atoms with Crippen molar-refractivity contribution in [2.45, 2.75) is 51.1 Å². The van der Waals surface area contributed by atoms with Crippen LogP contribution in [0, 0.1) is 0 Å². The lowest BCUT2D eigenvalue weighted by molar-refractivity contribution is -0.137. The van der Waals surface area contributed by atoms with Crippen molar-refractivity contribution in [3.63, 3.8) is 0 Å². The van der Waals surface area contributed by atoms with E-state index in [1.165, 1.54) is 0 Å². The van der Waals surface area contributed by atoms with Crippen molar-refractivity contribution in [2.24, 2.45) is 0 Å². The van der Waals surface area contributed by atoms with Gasteiger partial charge in [-0.25, -0.2) is 0 Å². The number of carbonyl (C=O) groups is 1. The van der Waals surface area contributed by atoms with Crippen LogP contribution in [0.5, 0.6) is 0 Å². The summed E-state index contributed by atoms with van der Waals surface area (Å²) in [4.78, 5) is 10.4. The fourth-order valence-electron chi connectivity index (χ4n) is 1.28. The van der Waals surface area contributed by atoms with Crippen molar-refractivity contribution in [1.29, 1.82) is 0 Å². The van der Waals surface area contributed by atoms with Gasteiger partial charge in [-0.3, -0.25) is 4.79 Å². The third kappa shape index (κ3) is 5.43. The Hall–Kier alpha value is -0.660. The van der Waals surface area contributed by atoms with Gasteiger partial charge in [-0.1, -0.05) is 0 Å². The van der Waals surface area contributed by atoms with E-state index in [1.807, 2.05) is 0 Å². The van der Waals surface area contributed by atoms with Gasteiger partial charge in [-0.2, -0.15) is 17.9 Å². The summed E-state index contributed by atoms with van der Waals surface area (Å²) >= 11 is 0. The topological polar surface area (TPSA) is 95.5 Å². The van der Waals surface area contributed by atoms with Crippen LogP contribution in [-0.2, 0) is 15.0 Å². The molecule has 1 aliphatic carbocycles. The summed E-state index contributed by atoms with van der Waals surface area (Å²) in [5.74, 6) is -0.928. The average molecular weight is 250 g/mol. The normalized spacial score (nSPS) is 17.4. The Labute approximate surface area is 95.6 Å². The molecule has 0 atom stereocenters. The molecular formula is C9H18N2O4S. The zero-order valence-electron chi connectivity index (χ0n) is 9.49. The van der Waals surface area contributed by atoms with Crippen LogP contribution < -0.4 is 9.44 Å². The van der Waals surface area contributed by atoms with Crippen LogP contribution in [0.25, 0.3) is 0 Å². The summed E-state index contributed by atoms with van der Waals surface area (Å²) < 4.78 is 28.1.